The highest BCUT2D eigenvalue weighted by atomic mass is 32.2. The molecule has 2 aromatic carbocycles. The third kappa shape index (κ3) is 5.48. The molecule has 0 saturated heterocycles. The van der Waals surface area contributed by atoms with E-state index < -0.39 is 49.4 Å². The highest BCUT2D eigenvalue weighted by Gasteiger charge is 2.22. The van der Waals surface area contributed by atoms with Gasteiger partial charge < -0.3 is 26.2 Å². The Labute approximate surface area is 218 Å². The molecule has 0 bridgehead atoms. The van der Waals surface area contributed by atoms with Crippen molar-refractivity contribution in [2.45, 2.75) is 4.90 Å². The minimum Gasteiger partial charge on any atom is -0.507 e. The molecule has 0 saturated carbocycles. The number of rotatable bonds is 6. The van der Waals surface area contributed by atoms with E-state index in [1.54, 1.807) is 0 Å². The molecule has 2 heterocycles. The minimum absolute atomic E-state index is 0.0211. The molecule has 0 aliphatic rings. The number of carbonyl (C=O) groups is 2. The van der Waals surface area contributed by atoms with Crippen LogP contribution in [0.3, 0.4) is 0 Å². The van der Waals surface area contributed by atoms with Crippen LogP contribution in [0.25, 0.3) is 11.1 Å². The van der Waals surface area contributed by atoms with Crippen molar-refractivity contribution < 1.29 is 38.1 Å². The Bertz CT molecular complexity index is 1860. The van der Waals surface area contributed by atoms with Gasteiger partial charge in [0.1, 0.15) is 22.0 Å². The Morgan fingerprint density at radius 3 is 1.62 bits per heavy atom. The standard InChI is InChI=1S/C24H18N4O10S/c29-19-11-13(25-23(32)17-3-1-5-21(30)27(17)34)7-9-15(19)16-10-8-14(12-20(16)39(36,37)38)26-24(33)18-4-2-6-22(31)28(18)35/h1-12,29,34-35H,(H,25,32)(H,26,33)(H,36,37,38). The number of hydrogen-bond acceptors (Lipinski definition) is 9. The first-order valence-electron chi connectivity index (χ1n) is 10.8. The second kappa shape index (κ2) is 10.2. The van der Waals surface area contributed by atoms with Crippen LogP contribution in [0.1, 0.15) is 21.0 Å². The first-order valence-corrected chi connectivity index (χ1v) is 12.2. The maximum Gasteiger partial charge on any atom is 0.295 e. The van der Waals surface area contributed by atoms with Crippen molar-refractivity contribution in [2.75, 3.05) is 10.6 Å². The summed E-state index contributed by atoms with van der Waals surface area (Å²) < 4.78 is 34.3. The first-order chi connectivity index (χ1) is 18.4. The van der Waals surface area contributed by atoms with Crippen molar-refractivity contribution in [1.29, 1.82) is 0 Å². The number of pyridine rings is 2. The maximum absolute atomic E-state index is 12.5. The van der Waals surface area contributed by atoms with Crippen molar-refractivity contribution in [3.05, 3.63) is 105 Å². The monoisotopic (exact) mass is 554 g/mol. The smallest absolute Gasteiger partial charge is 0.295 e. The summed E-state index contributed by atoms with van der Waals surface area (Å²) in [4.78, 5) is 47.3. The van der Waals surface area contributed by atoms with Gasteiger partial charge in [0.15, 0.2) is 0 Å². The summed E-state index contributed by atoms with van der Waals surface area (Å²) in [5.74, 6) is -2.36. The molecule has 15 heteroatoms. The minimum atomic E-state index is -4.91. The Morgan fingerprint density at radius 1 is 0.692 bits per heavy atom. The van der Waals surface area contributed by atoms with Crippen LogP contribution in [0.15, 0.2) is 87.3 Å². The van der Waals surface area contributed by atoms with E-state index in [9.17, 15) is 47.7 Å². The average Bonchev–Trinajstić information content (AvgIpc) is 2.87. The lowest BCUT2D eigenvalue weighted by Gasteiger charge is -2.14. The van der Waals surface area contributed by atoms with Crippen molar-refractivity contribution in [3.63, 3.8) is 0 Å². The third-order valence-corrected chi connectivity index (χ3v) is 6.28. The molecule has 2 aromatic heterocycles. The van der Waals surface area contributed by atoms with Crippen LogP contribution in [-0.4, -0.2) is 49.8 Å². The van der Waals surface area contributed by atoms with Crippen LogP contribution in [0, 0.1) is 0 Å². The molecule has 4 aromatic rings. The largest absolute Gasteiger partial charge is 0.507 e. The topological polar surface area (TPSA) is 217 Å². The van der Waals surface area contributed by atoms with E-state index in [0.717, 1.165) is 30.3 Å². The molecule has 0 unspecified atom stereocenters. The van der Waals surface area contributed by atoms with Gasteiger partial charge in [-0.05, 0) is 36.4 Å². The van der Waals surface area contributed by atoms with Crippen LogP contribution < -0.4 is 21.8 Å². The highest BCUT2D eigenvalue weighted by molar-refractivity contribution is 7.86. The van der Waals surface area contributed by atoms with Crippen LogP contribution in [0.4, 0.5) is 11.4 Å². The fourth-order valence-electron chi connectivity index (χ4n) is 3.57. The number of phenolic OH excluding ortho intramolecular Hbond substituents is 1. The zero-order valence-electron chi connectivity index (χ0n) is 19.5. The molecule has 0 radical (unpaired) electrons. The lowest BCUT2D eigenvalue weighted by molar-refractivity contribution is 0.0951. The van der Waals surface area contributed by atoms with Crippen LogP contribution >= 0.6 is 0 Å². The van der Waals surface area contributed by atoms with Gasteiger partial charge in [0.05, 0.1) is 0 Å². The van der Waals surface area contributed by atoms with Gasteiger partial charge in [-0.25, -0.2) is 0 Å². The molecular formula is C24H18N4O10S. The number of amides is 2. The number of aromatic nitrogens is 2. The van der Waals surface area contributed by atoms with Crippen LogP contribution in [0.5, 0.6) is 5.75 Å². The van der Waals surface area contributed by atoms with Crippen molar-refractivity contribution >= 4 is 33.3 Å². The summed E-state index contributed by atoms with van der Waals surface area (Å²) in [6.07, 6.45) is 0. The first kappa shape index (κ1) is 26.6. The van der Waals surface area contributed by atoms with Gasteiger partial charge in [-0.1, -0.05) is 18.2 Å². The highest BCUT2D eigenvalue weighted by Crippen LogP contribution is 2.37. The predicted octanol–water partition coefficient (Wildman–Crippen LogP) is 1.61. The number of anilines is 2. The fraction of sp³-hybridized carbons (Fsp3) is 0. The summed E-state index contributed by atoms with van der Waals surface area (Å²) in [6, 6.07) is 13.8. The number of nitrogens with one attached hydrogen (secondary N) is 2. The molecule has 2 amide bonds. The Morgan fingerprint density at radius 2 is 1.15 bits per heavy atom. The van der Waals surface area contributed by atoms with E-state index in [1.807, 2.05) is 0 Å². The number of aromatic hydroxyl groups is 1. The van der Waals surface area contributed by atoms with Crippen molar-refractivity contribution in [1.82, 2.24) is 9.46 Å². The maximum atomic E-state index is 12.5. The second-order valence-electron chi connectivity index (χ2n) is 7.95. The van der Waals surface area contributed by atoms with E-state index in [0.29, 0.717) is 0 Å². The van der Waals surface area contributed by atoms with Crippen molar-refractivity contribution in [2.24, 2.45) is 0 Å². The average molecular weight is 554 g/mol. The quantitative estimate of drug-likeness (QED) is 0.149. The van der Waals surface area contributed by atoms with Crippen molar-refractivity contribution in [3.8, 4) is 16.9 Å². The molecular weight excluding hydrogens is 536 g/mol. The molecule has 14 nitrogen and oxygen atoms in total. The SMILES string of the molecule is O=C(Nc1ccc(-c2ccc(NC(=O)c3cccc(=O)n3O)cc2S(=O)(=O)O)c(O)c1)c1cccc(=O)n1O. The molecule has 6 N–H and O–H groups in total. The molecule has 0 spiro atoms. The lowest BCUT2D eigenvalue weighted by atomic mass is 10.0. The molecule has 0 atom stereocenters. The van der Waals surface area contributed by atoms with Gasteiger partial charge in [-0.2, -0.15) is 8.42 Å². The van der Waals surface area contributed by atoms with Gasteiger partial charge >= 0.3 is 0 Å². The van der Waals surface area contributed by atoms with Gasteiger partial charge in [-0.15, -0.1) is 9.46 Å². The summed E-state index contributed by atoms with van der Waals surface area (Å²) in [6.45, 7) is 0. The lowest BCUT2D eigenvalue weighted by Crippen LogP contribution is -2.26. The normalized spacial score (nSPS) is 11.1. The van der Waals surface area contributed by atoms with E-state index in [4.69, 9.17) is 0 Å². The van der Waals surface area contributed by atoms with Gasteiger partial charge in [0.2, 0.25) is 0 Å². The van der Waals surface area contributed by atoms with Gasteiger partial charge in [0, 0.05) is 40.7 Å². The van der Waals surface area contributed by atoms with E-state index in [2.05, 4.69) is 10.6 Å². The van der Waals surface area contributed by atoms with Gasteiger partial charge in [-0.3, -0.25) is 23.7 Å². The molecule has 4 rings (SSSR count). The third-order valence-electron chi connectivity index (χ3n) is 5.39. The summed E-state index contributed by atoms with van der Waals surface area (Å²) in [7, 11) is -4.91. The second-order valence-corrected chi connectivity index (χ2v) is 9.34. The molecule has 0 aliphatic carbocycles. The Balaban J connectivity index is 1.65. The zero-order valence-corrected chi connectivity index (χ0v) is 20.3. The molecule has 200 valence electrons. The Kier molecular flexibility index (Phi) is 6.94. The molecule has 0 fully saturated rings. The molecule has 39 heavy (non-hydrogen) atoms. The Hall–Kier alpha value is -5.41. The van der Waals surface area contributed by atoms with Crippen LogP contribution in [-0.2, 0) is 10.1 Å². The predicted molar refractivity (Wildman–Crippen MR) is 135 cm³/mol. The fourth-order valence-corrected chi connectivity index (χ4v) is 4.30. The number of hydrogen-bond donors (Lipinski definition) is 6. The molecule has 0 aliphatic heterocycles. The van der Waals surface area contributed by atoms with E-state index in [1.165, 1.54) is 42.5 Å². The summed E-state index contributed by atoms with van der Waals surface area (Å²) in [5.41, 5.74) is -2.90. The van der Waals surface area contributed by atoms with Gasteiger partial charge in [0.25, 0.3) is 33.1 Å². The van der Waals surface area contributed by atoms with E-state index >= 15 is 0 Å². The van der Waals surface area contributed by atoms with Crippen LogP contribution in [0.2, 0.25) is 0 Å². The number of phenols is 1. The number of benzene rings is 2. The zero-order chi connectivity index (χ0) is 28.5. The number of nitrogens with zero attached hydrogens (tertiary/aromatic N) is 2. The summed E-state index contributed by atoms with van der Waals surface area (Å²) in [5, 5.41) is 34.7. The number of carbonyl (C=O) groups excluding carboxylic acids is 2. The van der Waals surface area contributed by atoms with E-state index in [-0.39, 0.29) is 37.7 Å². The summed E-state index contributed by atoms with van der Waals surface area (Å²) >= 11 is 0.